The van der Waals surface area contributed by atoms with E-state index in [1.165, 1.54) is 4.88 Å². The molecule has 0 spiro atoms. The van der Waals surface area contributed by atoms with Crippen molar-refractivity contribution in [1.82, 2.24) is 0 Å². The molecule has 0 aliphatic rings. The van der Waals surface area contributed by atoms with Crippen LogP contribution in [0.3, 0.4) is 0 Å². The topological polar surface area (TPSA) is 59.8 Å². The van der Waals surface area contributed by atoms with E-state index in [0.717, 1.165) is 11.4 Å². The summed E-state index contributed by atoms with van der Waals surface area (Å²) in [6.45, 7) is 4.82. The van der Waals surface area contributed by atoms with Crippen molar-refractivity contribution in [2.45, 2.75) is 26.5 Å². The molecule has 24 heavy (non-hydrogen) atoms. The molecule has 0 fully saturated rings. The Kier molecular flexibility index (Phi) is 6.52. The van der Waals surface area contributed by atoms with Crippen LogP contribution in [0, 0.1) is 0 Å². The van der Waals surface area contributed by atoms with Crippen molar-refractivity contribution in [2.24, 2.45) is 0 Å². The number of quaternary nitrogens is 1. The SMILES string of the molecule is CC(C)OC(=O)c1ccc(NC(=O)C[NH+](C)Cc2cccs2)cc1. The van der Waals surface area contributed by atoms with Crippen LogP contribution in [-0.2, 0) is 16.1 Å². The molecule has 0 aliphatic heterocycles. The van der Waals surface area contributed by atoms with Gasteiger partial charge in [-0.05, 0) is 49.6 Å². The number of ether oxygens (including phenoxy) is 1. The number of esters is 1. The Balaban J connectivity index is 1.84. The van der Waals surface area contributed by atoms with E-state index in [2.05, 4.69) is 11.4 Å². The van der Waals surface area contributed by atoms with Crippen LogP contribution in [0.4, 0.5) is 5.69 Å². The minimum absolute atomic E-state index is 0.0541. The summed E-state index contributed by atoms with van der Waals surface area (Å²) in [5.41, 5.74) is 1.15. The molecule has 6 heteroatoms. The zero-order valence-electron chi connectivity index (χ0n) is 14.2. The first-order valence-corrected chi connectivity index (χ1v) is 8.76. The number of carbonyl (C=O) groups is 2. The fraction of sp³-hybridized carbons (Fsp3) is 0.333. The van der Waals surface area contributed by atoms with Crippen LogP contribution in [0.15, 0.2) is 41.8 Å². The third-order valence-electron chi connectivity index (χ3n) is 3.27. The van der Waals surface area contributed by atoms with Crippen LogP contribution >= 0.6 is 11.3 Å². The second kappa shape index (κ2) is 8.61. The van der Waals surface area contributed by atoms with E-state index in [4.69, 9.17) is 4.74 Å². The molecule has 5 nitrogen and oxygen atoms in total. The van der Waals surface area contributed by atoms with Gasteiger partial charge in [-0.1, -0.05) is 6.07 Å². The molecular weight excluding hydrogens is 324 g/mol. The fourth-order valence-electron chi connectivity index (χ4n) is 2.22. The first-order chi connectivity index (χ1) is 11.4. The summed E-state index contributed by atoms with van der Waals surface area (Å²) in [7, 11) is 1.99. The second-order valence-electron chi connectivity index (χ2n) is 5.97. The smallest absolute Gasteiger partial charge is 0.338 e. The molecule has 2 aromatic rings. The normalized spacial score (nSPS) is 12.0. The number of hydrogen-bond donors (Lipinski definition) is 2. The molecule has 0 radical (unpaired) electrons. The number of anilines is 1. The predicted octanol–water partition coefficient (Wildman–Crippen LogP) is 1.97. The minimum atomic E-state index is -0.358. The van der Waals surface area contributed by atoms with Crippen molar-refractivity contribution in [2.75, 3.05) is 18.9 Å². The van der Waals surface area contributed by atoms with E-state index in [-0.39, 0.29) is 18.0 Å². The van der Waals surface area contributed by atoms with E-state index in [9.17, 15) is 9.59 Å². The van der Waals surface area contributed by atoms with Crippen molar-refractivity contribution in [3.05, 3.63) is 52.2 Å². The van der Waals surface area contributed by atoms with Crippen LogP contribution in [0.25, 0.3) is 0 Å². The van der Waals surface area contributed by atoms with Crippen LogP contribution in [0.5, 0.6) is 0 Å². The summed E-state index contributed by atoms with van der Waals surface area (Å²) < 4.78 is 5.13. The van der Waals surface area contributed by atoms with Crippen LogP contribution in [0.2, 0.25) is 0 Å². The summed E-state index contributed by atoms with van der Waals surface area (Å²) in [6.07, 6.45) is -0.154. The molecule has 1 amide bonds. The Morgan fingerprint density at radius 1 is 1.21 bits per heavy atom. The molecule has 1 unspecified atom stereocenters. The van der Waals surface area contributed by atoms with Crippen LogP contribution < -0.4 is 10.2 Å². The predicted molar refractivity (Wildman–Crippen MR) is 95.4 cm³/mol. The molecule has 2 rings (SSSR count). The summed E-state index contributed by atoms with van der Waals surface area (Å²) in [5.74, 6) is -0.412. The number of hydrogen-bond acceptors (Lipinski definition) is 4. The standard InChI is InChI=1S/C18H22N2O3S/c1-13(2)23-18(22)14-6-8-15(9-7-14)19-17(21)12-20(3)11-16-5-4-10-24-16/h4-10,13H,11-12H2,1-3H3,(H,19,21)/p+1. The largest absolute Gasteiger partial charge is 0.459 e. The van der Waals surface area contributed by atoms with Gasteiger partial charge in [-0.2, -0.15) is 0 Å². The Morgan fingerprint density at radius 2 is 1.92 bits per heavy atom. The van der Waals surface area contributed by atoms with Gasteiger partial charge in [0.1, 0.15) is 6.54 Å². The maximum absolute atomic E-state index is 12.1. The summed E-state index contributed by atoms with van der Waals surface area (Å²) in [5, 5.41) is 4.89. The van der Waals surface area contributed by atoms with E-state index in [1.54, 1.807) is 35.6 Å². The second-order valence-corrected chi connectivity index (χ2v) is 7.00. The molecular formula is C18H23N2O3S+. The highest BCUT2D eigenvalue weighted by Gasteiger charge is 2.12. The van der Waals surface area contributed by atoms with Gasteiger partial charge in [-0.25, -0.2) is 4.79 Å². The zero-order chi connectivity index (χ0) is 17.5. The highest BCUT2D eigenvalue weighted by atomic mass is 32.1. The molecule has 128 valence electrons. The first-order valence-electron chi connectivity index (χ1n) is 7.88. The number of rotatable bonds is 7. The maximum atomic E-state index is 12.1. The van der Waals surface area contributed by atoms with Crippen molar-refractivity contribution in [3.8, 4) is 0 Å². The monoisotopic (exact) mass is 347 g/mol. The molecule has 1 aromatic heterocycles. The lowest BCUT2D eigenvalue weighted by Gasteiger charge is -2.13. The average Bonchev–Trinajstić information content (AvgIpc) is 2.99. The number of carbonyl (C=O) groups excluding carboxylic acids is 2. The maximum Gasteiger partial charge on any atom is 0.338 e. The Labute approximate surface area is 146 Å². The molecule has 0 saturated heterocycles. The molecule has 2 N–H and O–H groups in total. The summed E-state index contributed by atoms with van der Waals surface area (Å²) in [6, 6.07) is 10.8. The van der Waals surface area contributed by atoms with E-state index >= 15 is 0 Å². The van der Waals surface area contributed by atoms with Gasteiger partial charge in [0.15, 0.2) is 6.54 Å². The lowest BCUT2D eigenvalue weighted by molar-refractivity contribution is -0.884. The number of amides is 1. The fourth-order valence-corrected chi connectivity index (χ4v) is 3.04. The van der Waals surface area contributed by atoms with Crippen molar-refractivity contribution >= 4 is 28.9 Å². The lowest BCUT2D eigenvalue weighted by atomic mass is 10.2. The van der Waals surface area contributed by atoms with Gasteiger partial charge in [0, 0.05) is 5.69 Å². The summed E-state index contributed by atoms with van der Waals surface area (Å²) >= 11 is 1.69. The van der Waals surface area contributed by atoms with Gasteiger partial charge in [0.25, 0.3) is 5.91 Å². The van der Waals surface area contributed by atoms with Gasteiger partial charge >= 0.3 is 5.97 Å². The third-order valence-corrected chi connectivity index (χ3v) is 4.14. The van der Waals surface area contributed by atoms with Crippen LogP contribution in [-0.4, -0.2) is 31.6 Å². The van der Waals surface area contributed by atoms with E-state index < -0.39 is 0 Å². The number of nitrogens with one attached hydrogen (secondary N) is 2. The van der Waals surface area contributed by atoms with Gasteiger partial charge in [0.05, 0.1) is 23.6 Å². The van der Waals surface area contributed by atoms with E-state index in [0.29, 0.717) is 17.8 Å². The highest BCUT2D eigenvalue weighted by Crippen LogP contribution is 2.11. The Bertz CT molecular complexity index is 666. The van der Waals surface area contributed by atoms with Crippen LogP contribution in [0.1, 0.15) is 29.1 Å². The highest BCUT2D eigenvalue weighted by molar-refractivity contribution is 7.09. The van der Waals surface area contributed by atoms with Gasteiger partial charge < -0.3 is 15.0 Å². The third kappa shape index (κ3) is 5.79. The van der Waals surface area contributed by atoms with Crippen molar-refractivity contribution in [3.63, 3.8) is 0 Å². The van der Waals surface area contributed by atoms with Gasteiger partial charge in [-0.3, -0.25) is 4.79 Å². The quantitative estimate of drug-likeness (QED) is 0.753. The summed E-state index contributed by atoms with van der Waals surface area (Å²) in [4.78, 5) is 26.2. The Morgan fingerprint density at radius 3 is 2.50 bits per heavy atom. The van der Waals surface area contributed by atoms with Crippen molar-refractivity contribution < 1.29 is 19.2 Å². The minimum Gasteiger partial charge on any atom is -0.459 e. The van der Waals surface area contributed by atoms with Gasteiger partial charge in [0.2, 0.25) is 0 Å². The molecule has 1 aromatic carbocycles. The Hall–Kier alpha value is -2.18. The molecule has 0 saturated carbocycles. The molecule has 1 heterocycles. The number of thiophene rings is 1. The lowest BCUT2D eigenvalue weighted by Crippen LogP contribution is -3.08. The van der Waals surface area contributed by atoms with Gasteiger partial charge in [-0.15, -0.1) is 11.3 Å². The number of likely N-dealkylation sites (N-methyl/N-ethyl adjacent to an activating group) is 1. The molecule has 0 bridgehead atoms. The average molecular weight is 347 g/mol. The zero-order valence-corrected chi connectivity index (χ0v) is 15.0. The molecule has 1 atom stereocenters. The first kappa shape index (κ1) is 18.2. The molecule has 0 aliphatic carbocycles. The van der Waals surface area contributed by atoms with E-state index in [1.807, 2.05) is 32.3 Å². The number of benzene rings is 1. The van der Waals surface area contributed by atoms with Crippen molar-refractivity contribution in [1.29, 1.82) is 0 Å².